The second-order valence-corrected chi connectivity index (χ2v) is 6.07. The molecular weight excluding hydrogens is 393 g/mol. The molecular formula is C19H10F3N2O5-. The first-order chi connectivity index (χ1) is 13.7. The molecule has 10 heteroatoms. The number of nitrogens with zero attached hydrogens (tertiary/aromatic N) is 2. The van der Waals surface area contributed by atoms with Crippen LogP contribution in [0.2, 0.25) is 0 Å². The molecule has 0 fully saturated rings. The van der Waals surface area contributed by atoms with Gasteiger partial charge >= 0.3 is 6.18 Å². The fourth-order valence-corrected chi connectivity index (χ4v) is 2.84. The minimum Gasteiger partial charge on any atom is -0.545 e. The number of carboxylic acids is 1. The molecule has 0 spiro atoms. The number of fused-ring (bicyclic) bond motifs is 1. The predicted molar refractivity (Wildman–Crippen MR) is 92.3 cm³/mol. The second kappa shape index (κ2) is 6.66. The number of hydrogen-bond acceptors (Lipinski definition) is 6. The van der Waals surface area contributed by atoms with Crippen molar-refractivity contribution in [2.75, 3.05) is 11.8 Å². The number of carboxylic acid groups (broad SMARTS) is 1. The third-order valence-electron chi connectivity index (χ3n) is 4.20. The van der Waals surface area contributed by atoms with Crippen LogP contribution in [0, 0.1) is 0 Å². The molecule has 1 amide bonds. The van der Waals surface area contributed by atoms with Gasteiger partial charge in [-0.3, -0.25) is 4.79 Å². The maximum absolute atomic E-state index is 13.5. The Morgan fingerprint density at radius 2 is 1.79 bits per heavy atom. The Morgan fingerprint density at radius 3 is 2.45 bits per heavy atom. The molecule has 0 bridgehead atoms. The lowest BCUT2D eigenvalue weighted by Gasteiger charge is -2.12. The van der Waals surface area contributed by atoms with Crippen molar-refractivity contribution in [3.05, 3.63) is 59.2 Å². The van der Waals surface area contributed by atoms with Gasteiger partial charge in [-0.1, -0.05) is 18.2 Å². The molecule has 0 aromatic heterocycles. The molecule has 0 saturated carbocycles. The lowest BCUT2D eigenvalue weighted by atomic mass is 10.1. The largest absolute Gasteiger partial charge is 0.545 e. The molecule has 148 valence electrons. The number of ether oxygens (including phenoxy) is 2. The number of hydrogen-bond donors (Lipinski definition) is 0. The minimum atomic E-state index is -4.88. The van der Waals surface area contributed by atoms with Gasteiger partial charge in [0.25, 0.3) is 5.91 Å². The number of aromatic carboxylic acids is 1. The van der Waals surface area contributed by atoms with Gasteiger partial charge in [-0.05, 0) is 41.5 Å². The van der Waals surface area contributed by atoms with Gasteiger partial charge in [0.2, 0.25) is 6.79 Å². The van der Waals surface area contributed by atoms with Crippen molar-refractivity contribution in [2.24, 2.45) is 5.10 Å². The van der Waals surface area contributed by atoms with Gasteiger partial charge in [0, 0.05) is 0 Å². The lowest BCUT2D eigenvalue weighted by molar-refractivity contribution is -0.255. The molecule has 0 radical (unpaired) electrons. The van der Waals surface area contributed by atoms with Crippen LogP contribution in [0.1, 0.15) is 15.9 Å². The van der Waals surface area contributed by atoms with Crippen LogP contribution in [-0.2, 0) is 4.79 Å². The second-order valence-electron chi connectivity index (χ2n) is 6.07. The number of benzene rings is 2. The summed E-state index contributed by atoms with van der Waals surface area (Å²) in [4.78, 5) is 23.5. The molecule has 0 unspecified atom stereocenters. The average Bonchev–Trinajstić information content (AvgIpc) is 3.26. The molecule has 0 aliphatic carbocycles. The van der Waals surface area contributed by atoms with E-state index in [1.165, 1.54) is 30.3 Å². The van der Waals surface area contributed by atoms with E-state index in [2.05, 4.69) is 5.10 Å². The zero-order chi connectivity index (χ0) is 20.8. The maximum atomic E-state index is 13.5. The Hall–Kier alpha value is -3.82. The van der Waals surface area contributed by atoms with E-state index in [1.54, 1.807) is 0 Å². The van der Waals surface area contributed by atoms with E-state index < -0.39 is 29.3 Å². The van der Waals surface area contributed by atoms with E-state index in [1.807, 2.05) is 0 Å². The Labute approximate surface area is 161 Å². The molecule has 2 aromatic rings. The molecule has 2 heterocycles. The molecule has 0 saturated heterocycles. The van der Waals surface area contributed by atoms with Gasteiger partial charge in [-0.15, -0.1) is 0 Å². The molecule has 4 rings (SSSR count). The minimum absolute atomic E-state index is 0.000809. The number of carbonyl (C=O) groups excluding carboxylic acids is 2. The predicted octanol–water partition coefficient (Wildman–Crippen LogP) is 2.13. The smallest absolute Gasteiger partial charge is 0.435 e. The first-order valence-corrected chi connectivity index (χ1v) is 8.17. The fraction of sp³-hybridized carbons (Fsp3) is 0.105. The normalized spacial score (nSPS) is 17.1. The third kappa shape index (κ3) is 3.40. The van der Waals surface area contributed by atoms with Gasteiger partial charge in [-0.2, -0.15) is 23.3 Å². The molecule has 0 atom stereocenters. The van der Waals surface area contributed by atoms with Crippen molar-refractivity contribution >= 4 is 29.4 Å². The Kier molecular flexibility index (Phi) is 4.26. The molecule has 2 aliphatic rings. The van der Waals surface area contributed by atoms with Crippen LogP contribution >= 0.6 is 0 Å². The van der Waals surface area contributed by atoms with Crippen molar-refractivity contribution in [2.45, 2.75) is 6.18 Å². The topological polar surface area (TPSA) is 91.3 Å². The van der Waals surface area contributed by atoms with Crippen molar-refractivity contribution in [1.29, 1.82) is 0 Å². The van der Waals surface area contributed by atoms with E-state index in [0.29, 0.717) is 22.1 Å². The van der Waals surface area contributed by atoms with E-state index in [9.17, 15) is 27.9 Å². The van der Waals surface area contributed by atoms with E-state index in [4.69, 9.17) is 9.47 Å². The molecule has 29 heavy (non-hydrogen) atoms. The first kappa shape index (κ1) is 18.5. The van der Waals surface area contributed by atoms with Crippen LogP contribution in [0.15, 0.2) is 53.1 Å². The summed E-state index contributed by atoms with van der Waals surface area (Å²) < 4.78 is 50.8. The highest BCUT2D eigenvalue weighted by Crippen LogP contribution is 2.36. The van der Waals surface area contributed by atoms with Crippen molar-refractivity contribution in [1.82, 2.24) is 0 Å². The number of anilines is 1. The van der Waals surface area contributed by atoms with Gasteiger partial charge in [0.1, 0.15) is 0 Å². The maximum Gasteiger partial charge on any atom is 0.435 e. The zero-order valence-corrected chi connectivity index (χ0v) is 14.4. The van der Waals surface area contributed by atoms with Gasteiger partial charge < -0.3 is 19.4 Å². The van der Waals surface area contributed by atoms with Crippen LogP contribution < -0.4 is 19.6 Å². The first-order valence-electron chi connectivity index (χ1n) is 8.17. The van der Waals surface area contributed by atoms with Crippen LogP contribution in [0.25, 0.3) is 6.08 Å². The molecule has 2 aliphatic heterocycles. The zero-order valence-electron chi connectivity index (χ0n) is 14.4. The van der Waals surface area contributed by atoms with E-state index in [0.717, 1.165) is 18.2 Å². The summed E-state index contributed by atoms with van der Waals surface area (Å²) in [6.07, 6.45) is -3.82. The number of rotatable bonds is 3. The molecule has 0 N–H and O–H groups in total. The van der Waals surface area contributed by atoms with Crippen molar-refractivity contribution < 1.29 is 37.3 Å². The summed E-state index contributed by atoms with van der Waals surface area (Å²) in [5.74, 6) is -1.65. The van der Waals surface area contributed by atoms with Crippen LogP contribution in [-0.4, -0.2) is 30.6 Å². The third-order valence-corrected chi connectivity index (χ3v) is 4.20. The van der Waals surface area contributed by atoms with Crippen LogP contribution in [0.3, 0.4) is 0 Å². The number of amides is 1. The Balaban J connectivity index is 1.73. The number of halogens is 3. The Bertz CT molecular complexity index is 1070. The summed E-state index contributed by atoms with van der Waals surface area (Å²) in [6.45, 7) is -0.000809. The van der Waals surface area contributed by atoms with Gasteiger partial charge in [-0.25, -0.2) is 0 Å². The lowest BCUT2D eigenvalue weighted by Crippen LogP contribution is -2.25. The highest BCUT2D eigenvalue weighted by Gasteiger charge is 2.46. The number of hydrazone groups is 1. The van der Waals surface area contributed by atoms with E-state index >= 15 is 0 Å². The van der Waals surface area contributed by atoms with Crippen LogP contribution in [0.5, 0.6) is 11.5 Å². The van der Waals surface area contributed by atoms with Gasteiger partial charge in [0.05, 0.1) is 17.2 Å². The van der Waals surface area contributed by atoms with E-state index in [-0.39, 0.29) is 18.0 Å². The summed E-state index contributed by atoms with van der Waals surface area (Å²) in [6, 6.07) is 9.02. The standard InChI is InChI=1S/C19H11F3N2O5/c20-19(21,22)16-13(7-10-1-6-14-15(8-10)29-9-28-14)17(25)24(23-16)12-4-2-11(3-5-12)18(26)27/h1-8H,9H2,(H,26,27)/p-1/b13-7-. The molecule has 7 nitrogen and oxygen atoms in total. The fourth-order valence-electron chi connectivity index (χ4n) is 2.84. The summed E-state index contributed by atoms with van der Waals surface area (Å²) >= 11 is 0. The number of carbonyl (C=O) groups is 2. The average molecular weight is 403 g/mol. The quantitative estimate of drug-likeness (QED) is 0.733. The monoisotopic (exact) mass is 403 g/mol. The highest BCUT2D eigenvalue weighted by molar-refractivity contribution is 6.34. The SMILES string of the molecule is O=C([O-])c1ccc(N2N=C(C(F)(F)F)/C(=C/c3ccc4c(c3)OCO4)C2=O)cc1. The summed E-state index contributed by atoms with van der Waals surface area (Å²) in [5, 5.41) is 14.8. The van der Waals surface area contributed by atoms with Crippen molar-refractivity contribution in [3.8, 4) is 11.5 Å². The summed E-state index contributed by atoms with van der Waals surface area (Å²) in [5.41, 5.74) is -1.92. The Morgan fingerprint density at radius 1 is 1.10 bits per heavy atom. The van der Waals surface area contributed by atoms with Crippen molar-refractivity contribution in [3.63, 3.8) is 0 Å². The number of alkyl halides is 3. The summed E-state index contributed by atoms with van der Waals surface area (Å²) in [7, 11) is 0. The van der Waals surface area contributed by atoms with Crippen LogP contribution in [0.4, 0.5) is 18.9 Å². The molecule has 2 aromatic carbocycles. The highest BCUT2D eigenvalue weighted by atomic mass is 19.4. The van der Waals surface area contributed by atoms with Gasteiger partial charge in [0.15, 0.2) is 17.2 Å².